The number of carbonyl (C=O) groups is 1. The van der Waals surface area contributed by atoms with Crippen LogP contribution in [-0.2, 0) is 0 Å². The van der Waals surface area contributed by atoms with Crippen LogP contribution in [0.1, 0.15) is 28.4 Å². The number of azide groups is 1. The van der Waals surface area contributed by atoms with Crippen LogP contribution >= 0.6 is 11.6 Å². The van der Waals surface area contributed by atoms with Crippen molar-refractivity contribution in [2.75, 3.05) is 6.54 Å². The van der Waals surface area contributed by atoms with Gasteiger partial charge in [0, 0.05) is 16.5 Å². The van der Waals surface area contributed by atoms with E-state index in [9.17, 15) is 15.0 Å². The van der Waals surface area contributed by atoms with Gasteiger partial charge in [0.15, 0.2) is 0 Å². The maximum absolute atomic E-state index is 11.0. The Morgan fingerprint density at radius 2 is 2.16 bits per heavy atom. The molecule has 0 spiro atoms. The van der Waals surface area contributed by atoms with Gasteiger partial charge in [-0.3, -0.25) is 0 Å². The molecule has 0 amide bonds. The zero-order valence-corrected chi connectivity index (χ0v) is 10.5. The number of nitrogens with zero attached hydrogens (tertiary/aromatic N) is 3. The fourth-order valence-corrected chi connectivity index (χ4v) is 1.75. The Kier molecular flexibility index (Phi) is 5.59. The standard InChI is InChI=1S/C11H12ClN3O4/c12-6-1-2-7(11(18)19)8(5-6)10(17)9(16)3-4-14-15-13/h1-2,5,9-10,16-17H,3-4H2,(H,18,19). The molecule has 0 heterocycles. The van der Waals surface area contributed by atoms with Crippen LogP contribution in [0.5, 0.6) is 0 Å². The van der Waals surface area contributed by atoms with E-state index >= 15 is 0 Å². The normalized spacial score (nSPS) is 13.4. The van der Waals surface area contributed by atoms with E-state index in [4.69, 9.17) is 22.2 Å². The molecule has 1 aromatic rings. The van der Waals surface area contributed by atoms with Crippen molar-refractivity contribution < 1.29 is 20.1 Å². The van der Waals surface area contributed by atoms with Crippen molar-refractivity contribution in [2.24, 2.45) is 5.11 Å². The van der Waals surface area contributed by atoms with Crippen LogP contribution in [0.3, 0.4) is 0 Å². The largest absolute Gasteiger partial charge is 0.478 e. The highest BCUT2D eigenvalue weighted by molar-refractivity contribution is 6.30. The first-order chi connectivity index (χ1) is 8.97. The van der Waals surface area contributed by atoms with E-state index in [1.165, 1.54) is 18.2 Å². The number of hydrogen-bond acceptors (Lipinski definition) is 4. The average Bonchev–Trinajstić information content (AvgIpc) is 2.37. The van der Waals surface area contributed by atoms with Crippen LogP contribution in [0.25, 0.3) is 10.4 Å². The van der Waals surface area contributed by atoms with E-state index in [0.717, 1.165) is 0 Å². The van der Waals surface area contributed by atoms with Crippen LogP contribution in [0.4, 0.5) is 0 Å². The van der Waals surface area contributed by atoms with Crippen molar-refractivity contribution in [1.29, 1.82) is 0 Å². The number of carboxylic acids is 1. The zero-order chi connectivity index (χ0) is 14.4. The molecule has 0 radical (unpaired) electrons. The first kappa shape index (κ1) is 15.3. The molecule has 0 saturated carbocycles. The topological polar surface area (TPSA) is 127 Å². The molecule has 0 bridgehead atoms. The van der Waals surface area contributed by atoms with Crippen molar-refractivity contribution in [2.45, 2.75) is 18.6 Å². The summed E-state index contributed by atoms with van der Waals surface area (Å²) in [5, 5.41) is 32.1. The third-order valence-electron chi connectivity index (χ3n) is 2.52. The van der Waals surface area contributed by atoms with Crippen LogP contribution in [0.15, 0.2) is 23.3 Å². The van der Waals surface area contributed by atoms with Gasteiger partial charge in [-0.25, -0.2) is 4.79 Å². The van der Waals surface area contributed by atoms with Crippen molar-refractivity contribution in [3.8, 4) is 0 Å². The molecular weight excluding hydrogens is 274 g/mol. The zero-order valence-electron chi connectivity index (χ0n) is 9.77. The lowest BCUT2D eigenvalue weighted by atomic mass is 9.97. The quantitative estimate of drug-likeness (QED) is 0.420. The predicted molar refractivity (Wildman–Crippen MR) is 68.0 cm³/mol. The van der Waals surface area contributed by atoms with Gasteiger partial charge >= 0.3 is 5.97 Å². The molecular formula is C11H12ClN3O4. The Labute approximate surface area is 113 Å². The molecule has 1 rings (SSSR count). The van der Waals surface area contributed by atoms with Crippen molar-refractivity contribution in [1.82, 2.24) is 0 Å². The second-order valence-corrected chi connectivity index (χ2v) is 4.23. The lowest BCUT2D eigenvalue weighted by molar-refractivity contribution is 0.0141. The second kappa shape index (κ2) is 6.96. The Morgan fingerprint density at radius 1 is 1.47 bits per heavy atom. The van der Waals surface area contributed by atoms with Crippen LogP contribution < -0.4 is 0 Å². The Bertz CT molecular complexity index is 517. The van der Waals surface area contributed by atoms with Crippen LogP contribution in [0.2, 0.25) is 5.02 Å². The third-order valence-corrected chi connectivity index (χ3v) is 2.75. The van der Waals surface area contributed by atoms with Gasteiger partial charge in [0.05, 0.1) is 11.7 Å². The minimum Gasteiger partial charge on any atom is -0.478 e. The summed E-state index contributed by atoms with van der Waals surface area (Å²) in [6.45, 7) is -0.00228. The monoisotopic (exact) mass is 285 g/mol. The number of carboxylic acid groups (broad SMARTS) is 1. The molecule has 0 saturated heterocycles. The lowest BCUT2D eigenvalue weighted by Crippen LogP contribution is -2.21. The fraction of sp³-hybridized carbons (Fsp3) is 0.364. The molecule has 102 valence electrons. The summed E-state index contributed by atoms with van der Waals surface area (Å²) in [7, 11) is 0. The van der Waals surface area contributed by atoms with Gasteiger partial charge in [0.1, 0.15) is 6.10 Å². The highest BCUT2D eigenvalue weighted by atomic mass is 35.5. The van der Waals surface area contributed by atoms with E-state index in [1.807, 2.05) is 0 Å². The van der Waals surface area contributed by atoms with Gasteiger partial charge in [0.25, 0.3) is 0 Å². The highest BCUT2D eigenvalue weighted by Crippen LogP contribution is 2.26. The van der Waals surface area contributed by atoms with Gasteiger partial charge in [-0.15, -0.1) is 0 Å². The number of aliphatic hydroxyl groups excluding tert-OH is 2. The molecule has 0 aliphatic rings. The van der Waals surface area contributed by atoms with E-state index in [1.54, 1.807) is 0 Å². The SMILES string of the molecule is [N-]=[N+]=NCCC(O)C(O)c1cc(Cl)ccc1C(=O)O. The van der Waals surface area contributed by atoms with Crippen molar-refractivity contribution in [3.63, 3.8) is 0 Å². The number of halogens is 1. The van der Waals surface area contributed by atoms with Crippen LogP contribution in [0, 0.1) is 0 Å². The van der Waals surface area contributed by atoms with E-state index < -0.39 is 18.2 Å². The van der Waals surface area contributed by atoms with E-state index in [-0.39, 0.29) is 29.1 Å². The second-order valence-electron chi connectivity index (χ2n) is 3.79. The number of aliphatic hydroxyl groups is 2. The van der Waals surface area contributed by atoms with Crippen molar-refractivity contribution in [3.05, 3.63) is 44.8 Å². The Hall–Kier alpha value is -1.79. The Balaban J connectivity index is 2.96. The smallest absolute Gasteiger partial charge is 0.336 e. The minimum atomic E-state index is -1.42. The average molecular weight is 286 g/mol. The summed E-state index contributed by atoms with van der Waals surface area (Å²) in [6, 6.07) is 3.92. The molecule has 0 fully saturated rings. The molecule has 0 aliphatic carbocycles. The van der Waals surface area contributed by atoms with Gasteiger partial charge in [0.2, 0.25) is 0 Å². The summed E-state index contributed by atoms with van der Waals surface area (Å²) in [6.07, 6.45) is -2.66. The molecule has 1 aromatic carbocycles. The minimum absolute atomic E-state index is 0.00228. The maximum Gasteiger partial charge on any atom is 0.336 e. The number of rotatable bonds is 6. The van der Waals surface area contributed by atoms with Gasteiger partial charge in [-0.2, -0.15) is 0 Å². The Morgan fingerprint density at radius 3 is 2.74 bits per heavy atom. The fourth-order valence-electron chi connectivity index (χ4n) is 1.57. The summed E-state index contributed by atoms with van der Waals surface area (Å²) in [4.78, 5) is 13.5. The van der Waals surface area contributed by atoms with E-state index in [0.29, 0.717) is 0 Å². The summed E-state index contributed by atoms with van der Waals surface area (Å²) in [5.41, 5.74) is 7.99. The van der Waals surface area contributed by atoms with Gasteiger partial charge < -0.3 is 15.3 Å². The van der Waals surface area contributed by atoms with E-state index in [2.05, 4.69) is 10.0 Å². The van der Waals surface area contributed by atoms with Gasteiger partial charge in [-0.05, 0) is 35.7 Å². The molecule has 0 aliphatic heterocycles. The summed E-state index contributed by atoms with van der Waals surface area (Å²) in [5.74, 6) is -1.23. The molecule has 2 atom stereocenters. The molecule has 19 heavy (non-hydrogen) atoms. The molecule has 2 unspecified atom stereocenters. The number of aromatic carboxylic acids is 1. The molecule has 8 heteroatoms. The molecule has 3 N–H and O–H groups in total. The number of hydrogen-bond donors (Lipinski definition) is 3. The summed E-state index contributed by atoms with van der Waals surface area (Å²) < 4.78 is 0. The van der Waals surface area contributed by atoms with Crippen LogP contribution in [-0.4, -0.2) is 33.9 Å². The summed E-state index contributed by atoms with van der Waals surface area (Å²) >= 11 is 5.74. The van der Waals surface area contributed by atoms with Gasteiger partial charge in [-0.1, -0.05) is 16.7 Å². The first-order valence-corrected chi connectivity index (χ1v) is 5.75. The highest BCUT2D eigenvalue weighted by Gasteiger charge is 2.23. The maximum atomic E-state index is 11.0. The molecule has 7 nitrogen and oxygen atoms in total. The lowest BCUT2D eigenvalue weighted by Gasteiger charge is -2.19. The third kappa shape index (κ3) is 4.11. The van der Waals surface area contributed by atoms with Crippen molar-refractivity contribution >= 4 is 17.6 Å². The molecule has 0 aromatic heterocycles. The first-order valence-electron chi connectivity index (χ1n) is 5.37. The predicted octanol–water partition coefficient (Wildman–Crippen LogP) is 2.13. The number of benzene rings is 1.